The van der Waals surface area contributed by atoms with Crippen molar-refractivity contribution in [1.82, 2.24) is 4.90 Å². The number of carbonyl (C=O) groups excluding carboxylic acids is 1. The SMILES string of the molecule is Cc1cc(OCC(=O)N2C[C@@H](O)[C@@H](O)C2)ccc1Cl. The van der Waals surface area contributed by atoms with Crippen LogP contribution >= 0.6 is 11.6 Å². The molecule has 1 heterocycles. The zero-order chi connectivity index (χ0) is 14.0. The van der Waals surface area contributed by atoms with Crippen molar-refractivity contribution in [3.05, 3.63) is 28.8 Å². The van der Waals surface area contributed by atoms with E-state index >= 15 is 0 Å². The standard InChI is InChI=1S/C13H16ClNO4/c1-8-4-9(2-3-10(8)14)19-7-13(18)15-5-11(16)12(17)6-15/h2-4,11-12,16-17H,5-7H2,1H3/t11-,12+. The topological polar surface area (TPSA) is 70.0 Å². The summed E-state index contributed by atoms with van der Waals surface area (Å²) in [7, 11) is 0. The van der Waals surface area contributed by atoms with Gasteiger partial charge >= 0.3 is 0 Å². The van der Waals surface area contributed by atoms with Crippen molar-refractivity contribution in [3.8, 4) is 5.75 Å². The fourth-order valence-corrected chi connectivity index (χ4v) is 2.03. The highest BCUT2D eigenvalue weighted by molar-refractivity contribution is 6.31. The molecule has 1 saturated heterocycles. The van der Waals surface area contributed by atoms with Gasteiger partial charge in [-0.25, -0.2) is 0 Å². The number of benzene rings is 1. The van der Waals surface area contributed by atoms with E-state index in [2.05, 4.69) is 0 Å². The van der Waals surface area contributed by atoms with E-state index in [9.17, 15) is 15.0 Å². The molecule has 0 saturated carbocycles. The predicted molar refractivity (Wildman–Crippen MR) is 70.3 cm³/mol. The number of aryl methyl sites for hydroxylation is 1. The van der Waals surface area contributed by atoms with Crippen molar-refractivity contribution in [2.75, 3.05) is 19.7 Å². The Morgan fingerprint density at radius 3 is 2.63 bits per heavy atom. The van der Waals surface area contributed by atoms with Crippen LogP contribution in [0.2, 0.25) is 5.02 Å². The fraction of sp³-hybridized carbons (Fsp3) is 0.462. The van der Waals surface area contributed by atoms with Gasteiger partial charge in [0.05, 0.1) is 12.2 Å². The van der Waals surface area contributed by atoms with E-state index in [0.717, 1.165) is 5.56 Å². The molecular weight excluding hydrogens is 270 g/mol. The van der Waals surface area contributed by atoms with Gasteiger partial charge in [0, 0.05) is 18.1 Å². The maximum atomic E-state index is 11.8. The molecule has 1 aromatic rings. The van der Waals surface area contributed by atoms with Crippen LogP contribution in [0.15, 0.2) is 18.2 Å². The molecule has 1 aliphatic rings. The Kier molecular flexibility index (Phi) is 4.29. The van der Waals surface area contributed by atoms with Crippen molar-refractivity contribution in [2.45, 2.75) is 19.1 Å². The first-order valence-electron chi connectivity index (χ1n) is 6.00. The van der Waals surface area contributed by atoms with Gasteiger partial charge in [-0.15, -0.1) is 0 Å². The minimum atomic E-state index is -0.873. The summed E-state index contributed by atoms with van der Waals surface area (Å²) in [6.07, 6.45) is -1.75. The molecular formula is C13H16ClNO4. The molecule has 0 radical (unpaired) electrons. The van der Waals surface area contributed by atoms with E-state index in [-0.39, 0.29) is 25.6 Å². The number of β-amino-alcohol motifs (C(OH)–C–C–N with tert-alkyl or cyclic N) is 2. The minimum absolute atomic E-state index is 0.124. The molecule has 0 bridgehead atoms. The Morgan fingerprint density at radius 1 is 1.42 bits per heavy atom. The third-order valence-corrected chi connectivity index (χ3v) is 3.53. The van der Waals surface area contributed by atoms with Gasteiger partial charge in [-0.05, 0) is 30.7 Å². The Balaban J connectivity index is 1.88. The summed E-state index contributed by atoms with van der Waals surface area (Å²) >= 11 is 5.89. The lowest BCUT2D eigenvalue weighted by molar-refractivity contribution is -0.132. The first kappa shape index (κ1) is 14.1. The molecule has 104 valence electrons. The van der Waals surface area contributed by atoms with Crippen LogP contribution in [0, 0.1) is 6.92 Å². The average molecular weight is 286 g/mol. The molecule has 1 fully saturated rings. The molecule has 5 nitrogen and oxygen atoms in total. The van der Waals surface area contributed by atoms with Gasteiger partial charge in [0.2, 0.25) is 0 Å². The molecule has 6 heteroatoms. The lowest BCUT2D eigenvalue weighted by atomic mass is 10.2. The smallest absolute Gasteiger partial charge is 0.260 e. The van der Waals surface area contributed by atoms with Gasteiger partial charge in [-0.1, -0.05) is 11.6 Å². The van der Waals surface area contributed by atoms with Crippen LogP contribution in [0.4, 0.5) is 0 Å². The highest BCUT2D eigenvalue weighted by Crippen LogP contribution is 2.21. The van der Waals surface area contributed by atoms with Gasteiger partial charge < -0.3 is 19.8 Å². The number of aliphatic hydroxyl groups excluding tert-OH is 2. The summed E-state index contributed by atoms with van der Waals surface area (Å²) in [5.74, 6) is 0.304. The second-order valence-corrected chi connectivity index (χ2v) is 5.04. The lowest BCUT2D eigenvalue weighted by Gasteiger charge is -2.15. The van der Waals surface area contributed by atoms with Crippen LogP contribution in [0.3, 0.4) is 0 Å². The Hall–Kier alpha value is -1.30. The molecule has 0 unspecified atom stereocenters. The van der Waals surface area contributed by atoms with Crippen LogP contribution in [0.25, 0.3) is 0 Å². The lowest BCUT2D eigenvalue weighted by Crippen LogP contribution is -2.33. The number of hydrogen-bond donors (Lipinski definition) is 2. The van der Waals surface area contributed by atoms with Crippen LogP contribution in [0.1, 0.15) is 5.56 Å². The quantitative estimate of drug-likeness (QED) is 0.853. The van der Waals surface area contributed by atoms with Crippen LogP contribution in [-0.2, 0) is 4.79 Å². The molecule has 0 aliphatic carbocycles. The van der Waals surface area contributed by atoms with Crippen molar-refractivity contribution < 1.29 is 19.7 Å². The predicted octanol–water partition coefficient (Wildman–Crippen LogP) is 0.591. The zero-order valence-electron chi connectivity index (χ0n) is 10.5. The van der Waals surface area contributed by atoms with E-state index in [0.29, 0.717) is 10.8 Å². The van der Waals surface area contributed by atoms with Crippen molar-refractivity contribution in [1.29, 1.82) is 0 Å². The van der Waals surface area contributed by atoms with Gasteiger partial charge in [-0.3, -0.25) is 4.79 Å². The number of hydrogen-bond acceptors (Lipinski definition) is 4. The first-order valence-corrected chi connectivity index (χ1v) is 6.38. The van der Waals surface area contributed by atoms with E-state index in [4.69, 9.17) is 16.3 Å². The van der Waals surface area contributed by atoms with E-state index in [1.165, 1.54) is 4.90 Å². The van der Waals surface area contributed by atoms with Gasteiger partial charge in [0.1, 0.15) is 5.75 Å². The first-order chi connectivity index (χ1) is 8.97. The van der Waals surface area contributed by atoms with Crippen LogP contribution in [-0.4, -0.2) is 52.9 Å². The monoisotopic (exact) mass is 285 g/mol. The number of nitrogens with zero attached hydrogens (tertiary/aromatic N) is 1. The Labute approximate surface area is 116 Å². The molecule has 1 aliphatic heterocycles. The van der Waals surface area contributed by atoms with Crippen molar-refractivity contribution in [3.63, 3.8) is 0 Å². The zero-order valence-corrected chi connectivity index (χ0v) is 11.3. The largest absolute Gasteiger partial charge is 0.484 e. The molecule has 0 aromatic heterocycles. The molecule has 1 aromatic carbocycles. The average Bonchev–Trinajstić information content (AvgIpc) is 2.71. The number of carbonyl (C=O) groups is 1. The summed E-state index contributed by atoms with van der Waals surface area (Å²) in [5.41, 5.74) is 0.874. The third-order valence-electron chi connectivity index (χ3n) is 3.10. The highest BCUT2D eigenvalue weighted by Gasteiger charge is 2.32. The number of amides is 1. The summed E-state index contributed by atoms with van der Waals surface area (Å²) in [4.78, 5) is 13.2. The number of halogens is 1. The second-order valence-electron chi connectivity index (χ2n) is 4.63. The van der Waals surface area contributed by atoms with Crippen molar-refractivity contribution in [2.24, 2.45) is 0 Å². The van der Waals surface area contributed by atoms with Gasteiger partial charge in [-0.2, -0.15) is 0 Å². The molecule has 2 atom stereocenters. The third kappa shape index (κ3) is 3.37. The normalized spacial score (nSPS) is 22.6. The summed E-state index contributed by atoms with van der Waals surface area (Å²) in [6.45, 7) is 2.01. The fourth-order valence-electron chi connectivity index (χ4n) is 1.92. The number of rotatable bonds is 3. The molecule has 19 heavy (non-hydrogen) atoms. The van der Waals surface area contributed by atoms with E-state index < -0.39 is 12.2 Å². The maximum absolute atomic E-state index is 11.8. The molecule has 1 amide bonds. The summed E-state index contributed by atoms with van der Waals surface area (Å²) < 4.78 is 5.37. The number of likely N-dealkylation sites (tertiary alicyclic amines) is 1. The Bertz CT molecular complexity index is 470. The van der Waals surface area contributed by atoms with E-state index in [1.54, 1.807) is 18.2 Å². The van der Waals surface area contributed by atoms with E-state index in [1.807, 2.05) is 6.92 Å². The summed E-state index contributed by atoms with van der Waals surface area (Å²) in [6, 6.07) is 5.15. The number of aliphatic hydroxyl groups is 2. The van der Waals surface area contributed by atoms with Crippen LogP contribution in [0.5, 0.6) is 5.75 Å². The van der Waals surface area contributed by atoms with Crippen molar-refractivity contribution >= 4 is 17.5 Å². The molecule has 2 N–H and O–H groups in total. The van der Waals surface area contributed by atoms with Gasteiger partial charge in [0.25, 0.3) is 5.91 Å². The van der Waals surface area contributed by atoms with Crippen LogP contribution < -0.4 is 4.74 Å². The maximum Gasteiger partial charge on any atom is 0.260 e. The minimum Gasteiger partial charge on any atom is -0.484 e. The van der Waals surface area contributed by atoms with Gasteiger partial charge in [0.15, 0.2) is 6.61 Å². The highest BCUT2D eigenvalue weighted by atomic mass is 35.5. The molecule has 2 rings (SSSR count). The molecule has 0 spiro atoms. The Morgan fingerprint density at radius 2 is 2.05 bits per heavy atom. The summed E-state index contributed by atoms with van der Waals surface area (Å²) in [5, 5.41) is 19.4. The number of ether oxygens (including phenoxy) is 1. The second kappa shape index (κ2) is 5.77.